The lowest BCUT2D eigenvalue weighted by Crippen LogP contribution is -2.50. The van der Waals surface area contributed by atoms with Crippen molar-refractivity contribution in [2.24, 2.45) is 0 Å². The van der Waals surface area contributed by atoms with Crippen molar-refractivity contribution < 1.29 is 9.90 Å². The van der Waals surface area contributed by atoms with E-state index in [1.165, 1.54) is 0 Å². The lowest BCUT2D eigenvalue weighted by molar-refractivity contribution is -0.132. The summed E-state index contributed by atoms with van der Waals surface area (Å²) in [6, 6.07) is 3.85. The third-order valence-electron chi connectivity index (χ3n) is 4.04. The third kappa shape index (κ3) is 4.37. The summed E-state index contributed by atoms with van der Waals surface area (Å²) in [5.74, 6) is 0.120. The molecule has 3 rings (SSSR count). The minimum absolute atomic E-state index is 0.120. The Kier molecular flexibility index (Phi) is 5.55. The molecule has 0 aliphatic carbocycles. The number of nitrogens with zero attached hydrogens (tertiary/aromatic N) is 4. The van der Waals surface area contributed by atoms with Gasteiger partial charge in [-0.25, -0.2) is 4.98 Å². The molecule has 0 spiro atoms. The van der Waals surface area contributed by atoms with E-state index in [-0.39, 0.29) is 12.0 Å². The molecule has 1 atom stereocenters. The van der Waals surface area contributed by atoms with Crippen molar-refractivity contribution in [1.82, 2.24) is 19.8 Å². The number of aliphatic hydroxyl groups excluding tert-OH is 1. The van der Waals surface area contributed by atoms with E-state index in [9.17, 15) is 9.90 Å². The van der Waals surface area contributed by atoms with Crippen LogP contribution in [-0.2, 0) is 11.2 Å². The van der Waals surface area contributed by atoms with Gasteiger partial charge in [0.05, 0.1) is 18.2 Å². The van der Waals surface area contributed by atoms with Gasteiger partial charge in [-0.3, -0.25) is 14.7 Å². The first kappa shape index (κ1) is 17.0. The minimum Gasteiger partial charge on any atom is -0.392 e. The van der Waals surface area contributed by atoms with Crippen molar-refractivity contribution in [3.63, 3.8) is 0 Å². The van der Waals surface area contributed by atoms with E-state index in [0.717, 1.165) is 29.4 Å². The fourth-order valence-electron chi connectivity index (χ4n) is 2.83. The molecule has 1 saturated heterocycles. The lowest BCUT2D eigenvalue weighted by atomic mass is 10.2. The molecule has 0 saturated carbocycles. The maximum Gasteiger partial charge on any atom is 0.228 e. The second-order valence-electron chi connectivity index (χ2n) is 6.09. The van der Waals surface area contributed by atoms with Gasteiger partial charge in [-0.15, -0.1) is 11.3 Å². The SMILES string of the molecule is CC(O)CN1CCN(C(=O)Cc2csc(-c3cccnc3)n2)CC1. The van der Waals surface area contributed by atoms with Gasteiger partial charge in [0, 0.05) is 56.1 Å². The molecule has 0 radical (unpaired) electrons. The fourth-order valence-corrected chi connectivity index (χ4v) is 3.64. The number of carbonyl (C=O) groups is 1. The van der Waals surface area contributed by atoms with Crippen LogP contribution in [0.1, 0.15) is 12.6 Å². The van der Waals surface area contributed by atoms with Crippen molar-refractivity contribution in [2.45, 2.75) is 19.4 Å². The number of piperazine rings is 1. The number of aliphatic hydroxyl groups is 1. The molecule has 2 aromatic rings. The topological polar surface area (TPSA) is 69.6 Å². The number of rotatable bonds is 5. The van der Waals surface area contributed by atoms with Gasteiger partial charge in [0.25, 0.3) is 0 Å². The van der Waals surface area contributed by atoms with E-state index in [4.69, 9.17) is 0 Å². The summed E-state index contributed by atoms with van der Waals surface area (Å²) in [6.45, 7) is 5.52. The van der Waals surface area contributed by atoms with E-state index in [2.05, 4.69) is 14.9 Å². The van der Waals surface area contributed by atoms with E-state index in [1.54, 1.807) is 30.7 Å². The number of hydrogen-bond acceptors (Lipinski definition) is 6. The molecule has 6 nitrogen and oxygen atoms in total. The van der Waals surface area contributed by atoms with E-state index >= 15 is 0 Å². The van der Waals surface area contributed by atoms with Gasteiger partial charge < -0.3 is 10.0 Å². The number of pyridine rings is 1. The summed E-state index contributed by atoms with van der Waals surface area (Å²) in [5, 5.41) is 12.3. The van der Waals surface area contributed by atoms with Crippen LogP contribution in [0.15, 0.2) is 29.9 Å². The number of hydrogen-bond donors (Lipinski definition) is 1. The number of β-amino-alcohol motifs (C(OH)–C–C–N with tert-alkyl or cyclic N) is 1. The van der Waals surface area contributed by atoms with Crippen LogP contribution < -0.4 is 0 Å². The quantitative estimate of drug-likeness (QED) is 0.883. The molecule has 128 valence electrons. The normalized spacial score (nSPS) is 17.0. The molecule has 1 fully saturated rings. The van der Waals surface area contributed by atoms with Crippen molar-refractivity contribution in [3.8, 4) is 10.6 Å². The zero-order valence-corrected chi connectivity index (χ0v) is 14.6. The van der Waals surface area contributed by atoms with Gasteiger partial charge in [0.1, 0.15) is 5.01 Å². The summed E-state index contributed by atoms with van der Waals surface area (Å²) >= 11 is 1.54. The largest absolute Gasteiger partial charge is 0.392 e. The van der Waals surface area contributed by atoms with Crippen LogP contribution in [0, 0.1) is 0 Å². The van der Waals surface area contributed by atoms with E-state index < -0.39 is 0 Å². The highest BCUT2D eigenvalue weighted by Crippen LogP contribution is 2.23. The second-order valence-corrected chi connectivity index (χ2v) is 6.95. The minimum atomic E-state index is -0.326. The van der Waals surface area contributed by atoms with Gasteiger partial charge in [-0.1, -0.05) is 0 Å². The van der Waals surface area contributed by atoms with Crippen LogP contribution in [0.3, 0.4) is 0 Å². The Morgan fingerprint density at radius 2 is 2.17 bits per heavy atom. The predicted molar refractivity (Wildman–Crippen MR) is 93.7 cm³/mol. The Labute approximate surface area is 145 Å². The van der Waals surface area contributed by atoms with Crippen LogP contribution in [0.4, 0.5) is 0 Å². The van der Waals surface area contributed by atoms with Crippen molar-refractivity contribution in [1.29, 1.82) is 0 Å². The summed E-state index contributed by atoms with van der Waals surface area (Å²) in [4.78, 5) is 25.2. The molecule has 2 aromatic heterocycles. The van der Waals surface area contributed by atoms with Crippen LogP contribution in [0.2, 0.25) is 0 Å². The Balaban J connectivity index is 1.54. The number of aromatic nitrogens is 2. The number of amides is 1. The molecule has 1 N–H and O–H groups in total. The Morgan fingerprint density at radius 3 is 2.83 bits per heavy atom. The Bertz CT molecular complexity index is 666. The fraction of sp³-hybridized carbons (Fsp3) is 0.471. The second kappa shape index (κ2) is 7.83. The number of carbonyl (C=O) groups excluding carboxylic acids is 1. The molecular weight excluding hydrogens is 324 g/mol. The van der Waals surface area contributed by atoms with E-state index in [1.807, 2.05) is 22.4 Å². The molecule has 1 aliphatic heterocycles. The first-order valence-electron chi connectivity index (χ1n) is 8.15. The van der Waals surface area contributed by atoms with E-state index in [0.29, 0.717) is 26.1 Å². The zero-order valence-electron chi connectivity index (χ0n) is 13.8. The monoisotopic (exact) mass is 346 g/mol. The first-order valence-corrected chi connectivity index (χ1v) is 9.03. The number of thiazole rings is 1. The molecule has 0 aromatic carbocycles. The van der Waals surface area contributed by atoms with Crippen LogP contribution in [0.25, 0.3) is 10.6 Å². The van der Waals surface area contributed by atoms with Gasteiger partial charge in [-0.2, -0.15) is 0 Å². The smallest absolute Gasteiger partial charge is 0.228 e. The standard InChI is InChI=1S/C17H22N4O2S/c1-13(22)11-20-5-7-21(8-6-20)16(23)9-15-12-24-17(19-15)14-3-2-4-18-10-14/h2-4,10,12-13,22H,5-9,11H2,1H3. The van der Waals surface area contributed by atoms with Crippen molar-refractivity contribution in [3.05, 3.63) is 35.6 Å². The van der Waals surface area contributed by atoms with Crippen molar-refractivity contribution >= 4 is 17.2 Å². The van der Waals surface area contributed by atoms with Gasteiger partial charge in [-0.05, 0) is 19.1 Å². The first-order chi connectivity index (χ1) is 11.6. The maximum atomic E-state index is 12.5. The molecule has 24 heavy (non-hydrogen) atoms. The average molecular weight is 346 g/mol. The summed E-state index contributed by atoms with van der Waals surface area (Å²) < 4.78 is 0. The predicted octanol–water partition coefficient (Wildman–Crippen LogP) is 1.27. The molecule has 3 heterocycles. The molecule has 1 unspecified atom stereocenters. The zero-order chi connectivity index (χ0) is 16.9. The Morgan fingerprint density at radius 1 is 1.38 bits per heavy atom. The van der Waals surface area contributed by atoms with Crippen LogP contribution in [0.5, 0.6) is 0 Å². The van der Waals surface area contributed by atoms with Gasteiger partial charge in [0.2, 0.25) is 5.91 Å². The molecule has 1 amide bonds. The Hall–Kier alpha value is -1.83. The van der Waals surface area contributed by atoms with Gasteiger partial charge >= 0.3 is 0 Å². The van der Waals surface area contributed by atoms with Crippen LogP contribution in [-0.4, -0.2) is 69.6 Å². The highest BCUT2D eigenvalue weighted by molar-refractivity contribution is 7.13. The summed E-state index contributed by atoms with van der Waals surface area (Å²) in [5.41, 5.74) is 1.79. The molecule has 0 bridgehead atoms. The molecule has 7 heteroatoms. The highest BCUT2D eigenvalue weighted by Gasteiger charge is 2.22. The molecule has 1 aliphatic rings. The van der Waals surface area contributed by atoms with Crippen molar-refractivity contribution in [2.75, 3.05) is 32.7 Å². The highest BCUT2D eigenvalue weighted by atomic mass is 32.1. The third-order valence-corrected chi connectivity index (χ3v) is 4.98. The van der Waals surface area contributed by atoms with Gasteiger partial charge in [0.15, 0.2) is 0 Å². The maximum absolute atomic E-state index is 12.5. The summed E-state index contributed by atoms with van der Waals surface area (Å²) in [7, 11) is 0. The van der Waals surface area contributed by atoms with Crippen LogP contribution >= 0.6 is 11.3 Å². The average Bonchev–Trinajstić information content (AvgIpc) is 3.04. The summed E-state index contributed by atoms with van der Waals surface area (Å²) in [6.07, 6.45) is 3.53. The lowest BCUT2D eigenvalue weighted by Gasteiger charge is -2.35. The molecular formula is C17H22N4O2S.